The zero-order chi connectivity index (χ0) is 9.80. The summed E-state index contributed by atoms with van der Waals surface area (Å²) in [6, 6.07) is 3.56. The Labute approximate surface area is 82.3 Å². The zero-order valence-corrected chi connectivity index (χ0v) is 7.81. The van der Waals surface area contributed by atoms with Gasteiger partial charge in [-0.05, 0) is 25.0 Å². The van der Waals surface area contributed by atoms with Gasteiger partial charge in [-0.1, -0.05) is 0 Å². The number of rotatable bonds is 2. The standard InChI is InChI=1S/C10H11N3O/c14-8-12-9-4-3-5-11-10(9)13-6-1-2-7-13/h3-5H,1-2,6-7H2. The van der Waals surface area contributed by atoms with Crippen LogP contribution in [0.4, 0.5) is 11.5 Å². The highest BCUT2D eigenvalue weighted by molar-refractivity contribution is 5.65. The molecular formula is C10H11N3O. The Balaban J connectivity index is 2.34. The van der Waals surface area contributed by atoms with Gasteiger partial charge in [0.05, 0.1) is 0 Å². The molecule has 1 fully saturated rings. The maximum absolute atomic E-state index is 10.2. The molecule has 0 N–H and O–H groups in total. The van der Waals surface area contributed by atoms with Crippen molar-refractivity contribution < 1.29 is 4.79 Å². The lowest BCUT2D eigenvalue weighted by atomic mass is 10.3. The summed E-state index contributed by atoms with van der Waals surface area (Å²) >= 11 is 0. The fourth-order valence-electron chi connectivity index (χ4n) is 1.70. The molecule has 4 nitrogen and oxygen atoms in total. The van der Waals surface area contributed by atoms with Gasteiger partial charge in [-0.25, -0.2) is 9.78 Å². The second-order valence-corrected chi connectivity index (χ2v) is 3.24. The zero-order valence-electron chi connectivity index (χ0n) is 7.81. The maximum atomic E-state index is 10.2. The van der Waals surface area contributed by atoms with Gasteiger partial charge in [0.25, 0.3) is 0 Å². The van der Waals surface area contributed by atoms with Gasteiger partial charge in [0, 0.05) is 19.3 Å². The maximum Gasteiger partial charge on any atom is 0.240 e. The van der Waals surface area contributed by atoms with Gasteiger partial charge in [-0.15, -0.1) is 0 Å². The lowest BCUT2D eigenvalue weighted by Gasteiger charge is -2.16. The monoisotopic (exact) mass is 189 g/mol. The van der Waals surface area contributed by atoms with Crippen LogP contribution in [0, 0.1) is 0 Å². The Morgan fingerprint density at radius 1 is 1.43 bits per heavy atom. The van der Waals surface area contributed by atoms with Crippen molar-refractivity contribution in [3.8, 4) is 0 Å². The van der Waals surface area contributed by atoms with Gasteiger partial charge < -0.3 is 4.90 Å². The molecule has 0 aliphatic carbocycles. The summed E-state index contributed by atoms with van der Waals surface area (Å²) < 4.78 is 0. The van der Waals surface area contributed by atoms with Gasteiger partial charge in [-0.3, -0.25) is 0 Å². The van der Waals surface area contributed by atoms with Crippen LogP contribution < -0.4 is 4.90 Å². The Morgan fingerprint density at radius 3 is 2.93 bits per heavy atom. The second kappa shape index (κ2) is 4.03. The van der Waals surface area contributed by atoms with E-state index in [1.807, 2.05) is 0 Å². The summed E-state index contributed by atoms with van der Waals surface area (Å²) in [6.07, 6.45) is 5.64. The highest BCUT2D eigenvalue weighted by atomic mass is 16.1. The highest BCUT2D eigenvalue weighted by Gasteiger charge is 2.16. The summed E-state index contributed by atoms with van der Waals surface area (Å²) in [5, 5.41) is 0. The molecule has 72 valence electrons. The third-order valence-electron chi connectivity index (χ3n) is 2.34. The number of pyridine rings is 1. The van der Waals surface area contributed by atoms with Crippen molar-refractivity contribution in [2.75, 3.05) is 18.0 Å². The smallest absolute Gasteiger partial charge is 0.240 e. The van der Waals surface area contributed by atoms with E-state index in [1.54, 1.807) is 24.4 Å². The third kappa shape index (κ3) is 1.65. The molecule has 0 bridgehead atoms. The molecule has 14 heavy (non-hydrogen) atoms. The van der Waals surface area contributed by atoms with Gasteiger partial charge in [0.15, 0.2) is 5.82 Å². The van der Waals surface area contributed by atoms with Gasteiger partial charge in [0.1, 0.15) is 5.69 Å². The Kier molecular flexibility index (Phi) is 2.56. The third-order valence-corrected chi connectivity index (χ3v) is 2.34. The number of anilines is 1. The first-order valence-electron chi connectivity index (χ1n) is 4.69. The van der Waals surface area contributed by atoms with E-state index in [4.69, 9.17) is 0 Å². The topological polar surface area (TPSA) is 45.6 Å². The van der Waals surface area contributed by atoms with Crippen LogP contribution in [0.5, 0.6) is 0 Å². The Hall–Kier alpha value is -1.67. The van der Waals surface area contributed by atoms with E-state index in [-0.39, 0.29) is 0 Å². The predicted octanol–water partition coefficient (Wildman–Crippen LogP) is 1.65. The molecule has 0 saturated carbocycles. The molecule has 0 aromatic carbocycles. The first-order valence-corrected chi connectivity index (χ1v) is 4.69. The van der Waals surface area contributed by atoms with Gasteiger partial charge in [0.2, 0.25) is 6.08 Å². The van der Waals surface area contributed by atoms with E-state index >= 15 is 0 Å². The van der Waals surface area contributed by atoms with Crippen LogP contribution in [0.3, 0.4) is 0 Å². The molecule has 0 spiro atoms. The van der Waals surface area contributed by atoms with Crippen molar-refractivity contribution in [1.82, 2.24) is 4.98 Å². The summed E-state index contributed by atoms with van der Waals surface area (Å²) in [4.78, 5) is 20.2. The predicted molar refractivity (Wildman–Crippen MR) is 53.5 cm³/mol. The molecule has 0 amide bonds. The number of hydrogen-bond acceptors (Lipinski definition) is 4. The number of nitrogens with zero attached hydrogens (tertiary/aromatic N) is 3. The van der Waals surface area contributed by atoms with Crippen LogP contribution in [0.1, 0.15) is 12.8 Å². The molecule has 2 rings (SSSR count). The molecular weight excluding hydrogens is 178 g/mol. The minimum atomic E-state index is 0.615. The highest BCUT2D eigenvalue weighted by Crippen LogP contribution is 2.27. The number of hydrogen-bond donors (Lipinski definition) is 0. The molecule has 1 aliphatic rings. The van der Waals surface area contributed by atoms with Crippen LogP contribution in [0.2, 0.25) is 0 Å². The first-order chi connectivity index (χ1) is 6.92. The SMILES string of the molecule is O=C=Nc1cccnc1N1CCCC1. The van der Waals surface area contributed by atoms with Crippen molar-refractivity contribution in [2.45, 2.75) is 12.8 Å². The average Bonchev–Trinajstić information content (AvgIpc) is 2.72. The molecule has 4 heteroatoms. The number of aliphatic imine (C=N–C) groups is 1. The minimum absolute atomic E-state index is 0.615. The van der Waals surface area contributed by atoms with E-state index in [9.17, 15) is 4.79 Å². The van der Waals surface area contributed by atoms with E-state index < -0.39 is 0 Å². The summed E-state index contributed by atoms with van der Waals surface area (Å²) in [6.45, 7) is 2.00. The van der Waals surface area contributed by atoms with Crippen LogP contribution >= 0.6 is 0 Å². The largest absolute Gasteiger partial charge is 0.355 e. The molecule has 1 aromatic heterocycles. The van der Waals surface area contributed by atoms with Gasteiger partial charge in [-0.2, -0.15) is 4.99 Å². The molecule has 0 radical (unpaired) electrons. The summed E-state index contributed by atoms with van der Waals surface area (Å²) in [7, 11) is 0. The van der Waals surface area contributed by atoms with Crippen molar-refractivity contribution in [3.05, 3.63) is 18.3 Å². The Morgan fingerprint density at radius 2 is 2.21 bits per heavy atom. The fraction of sp³-hybridized carbons (Fsp3) is 0.400. The lowest BCUT2D eigenvalue weighted by Crippen LogP contribution is -2.18. The van der Waals surface area contributed by atoms with Crippen molar-refractivity contribution in [3.63, 3.8) is 0 Å². The number of isocyanates is 1. The van der Waals surface area contributed by atoms with Crippen LogP contribution in [0.25, 0.3) is 0 Å². The van der Waals surface area contributed by atoms with Crippen molar-refractivity contribution >= 4 is 17.6 Å². The fourth-order valence-corrected chi connectivity index (χ4v) is 1.70. The normalized spacial score (nSPS) is 15.3. The number of aromatic nitrogens is 1. The quantitative estimate of drug-likeness (QED) is 0.525. The van der Waals surface area contributed by atoms with Gasteiger partial charge >= 0.3 is 0 Å². The average molecular weight is 189 g/mol. The summed E-state index contributed by atoms with van der Waals surface area (Å²) in [5.74, 6) is 0.799. The van der Waals surface area contributed by atoms with E-state index in [0.29, 0.717) is 5.69 Å². The van der Waals surface area contributed by atoms with Crippen molar-refractivity contribution in [1.29, 1.82) is 0 Å². The van der Waals surface area contributed by atoms with Crippen LogP contribution in [-0.4, -0.2) is 24.2 Å². The molecule has 2 heterocycles. The first kappa shape index (κ1) is 8.91. The summed E-state index contributed by atoms with van der Waals surface area (Å²) in [5.41, 5.74) is 0.615. The number of carbonyl (C=O) groups excluding carboxylic acids is 1. The lowest BCUT2D eigenvalue weighted by molar-refractivity contribution is 0.565. The van der Waals surface area contributed by atoms with E-state index in [1.165, 1.54) is 12.8 Å². The molecule has 1 aliphatic heterocycles. The second-order valence-electron chi connectivity index (χ2n) is 3.24. The molecule has 1 aromatic rings. The molecule has 0 unspecified atom stereocenters. The van der Waals surface area contributed by atoms with Crippen LogP contribution in [0.15, 0.2) is 23.3 Å². The van der Waals surface area contributed by atoms with Crippen molar-refractivity contribution in [2.24, 2.45) is 4.99 Å². The minimum Gasteiger partial charge on any atom is -0.355 e. The van der Waals surface area contributed by atoms with E-state index in [2.05, 4.69) is 14.9 Å². The molecule has 0 atom stereocenters. The Bertz CT molecular complexity index is 365. The van der Waals surface area contributed by atoms with E-state index in [0.717, 1.165) is 18.9 Å². The van der Waals surface area contributed by atoms with Crippen LogP contribution in [-0.2, 0) is 4.79 Å². The molecule has 1 saturated heterocycles.